The van der Waals surface area contributed by atoms with Crippen molar-refractivity contribution in [3.05, 3.63) is 46.2 Å². The van der Waals surface area contributed by atoms with E-state index in [1.165, 1.54) is 4.88 Å². The summed E-state index contributed by atoms with van der Waals surface area (Å²) in [5.41, 5.74) is 6.82. The molecule has 1 atom stereocenters. The van der Waals surface area contributed by atoms with Gasteiger partial charge in [0.25, 0.3) is 0 Å². The van der Waals surface area contributed by atoms with E-state index in [2.05, 4.69) is 21.4 Å². The maximum atomic E-state index is 5.72. The largest absolute Gasteiger partial charge is 0.328 e. The van der Waals surface area contributed by atoms with Gasteiger partial charge in [0.2, 0.25) is 0 Å². The monoisotopic (exact) mass is 233 g/mol. The minimum absolute atomic E-state index is 0.159. The molecular formula is C12H15N3S. The predicted molar refractivity (Wildman–Crippen MR) is 66.5 cm³/mol. The molecule has 0 fully saturated rings. The van der Waals surface area contributed by atoms with Crippen LogP contribution in [-0.2, 0) is 12.8 Å². The van der Waals surface area contributed by atoms with E-state index >= 15 is 0 Å². The first-order valence-electron chi connectivity index (χ1n) is 5.32. The van der Waals surface area contributed by atoms with Crippen molar-refractivity contribution in [2.75, 3.05) is 0 Å². The SMILES string of the molecule is CC(N)Cc1cnc(Cc2cccs2)nc1. The Morgan fingerprint density at radius 1 is 1.38 bits per heavy atom. The first-order valence-corrected chi connectivity index (χ1v) is 6.20. The van der Waals surface area contributed by atoms with Gasteiger partial charge >= 0.3 is 0 Å². The lowest BCUT2D eigenvalue weighted by Crippen LogP contribution is -2.18. The standard InChI is InChI=1S/C12H15N3S/c1-9(13)5-10-7-14-12(15-8-10)6-11-3-2-4-16-11/h2-4,7-9H,5-6,13H2,1H3. The minimum Gasteiger partial charge on any atom is -0.328 e. The van der Waals surface area contributed by atoms with Gasteiger partial charge in [0.05, 0.1) is 0 Å². The van der Waals surface area contributed by atoms with Crippen molar-refractivity contribution in [2.24, 2.45) is 5.73 Å². The second-order valence-corrected chi connectivity index (χ2v) is 4.98. The van der Waals surface area contributed by atoms with E-state index in [0.29, 0.717) is 0 Å². The van der Waals surface area contributed by atoms with Crippen LogP contribution in [0.2, 0.25) is 0 Å². The van der Waals surface area contributed by atoms with Crippen LogP contribution in [0.1, 0.15) is 23.2 Å². The van der Waals surface area contributed by atoms with Gasteiger partial charge in [-0.1, -0.05) is 6.07 Å². The second kappa shape index (κ2) is 5.18. The Hall–Kier alpha value is -1.26. The van der Waals surface area contributed by atoms with Gasteiger partial charge < -0.3 is 5.73 Å². The van der Waals surface area contributed by atoms with Crippen LogP contribution in [-0.4, -0.2) is 16.0 Å². The molecule has 0 saturated heterocycles. The average molecular weight is 233 g/mol. The van der Waals surface area contributed by atoms with E-state index in [9.17, 15) is 0 Å². The summed E-state index contributed by atoms with van der Waals surface area (Å²) in [5.74, 6) is 0.871. The Balaban J connectivity index is 2.02. The van der Waals surface area contributed by atoms with Crippen molar-refractivity contribution in [3.8, 4) is 0 Å². The van der Waals surface area contributed by atoms with Crippen LogP contribution in [0.15, 0.2) is 29.9 Å². The average Bonchev–Trinajstić information content (AvgIpc) is 2.73. The molecule has 84 valence electrons. The lowest BCUT2D eigenvalue weighted by molar-refractivity contribution is 0.729. The molecule has 0 aliphatic carbocycles. The highest BCUT2D eigenvalue weighted by Crippen LogP contribution is 2.12. The van der Waals surface area contributed by atoms with Crippen LogP contribution in [0.5, 0.6) is 0 Å². The van der Waals surface area contributed by atoms with Crippen LogP contribution in [0.3, 0.4) is 0 Å². The normalized spacial score (nSPS) is 12.6. The van der Waals surface area contributed by atoms with Gasteiger partial charge in [0.15, 0.2) is 0 Å². The highest BCUT2D eigenvalue weighted by Gasteiger charge is 2.02. The highest BCUT2D eigenvalue weighted by molar-refractivity contribution is 7.09. The number of thiophene rings is 1. The van der Waals surface area contributed by atoms with Gasteiger partial charge in [0.1, 0.15) is 5.82 Å². The molecule has 2 aromatic rings. The van der Waals surface area contributed by atoms with Gasteiger partial charge in [0, 0.05) is 29.7 Å². The van der Waals surface area contributed by atoms with Crippen molar-refractivity contribution in [3.63, 3.8) is 0 Å². The lowest BCUT2D eigenvalue weighted by Gasteiger charge is -2.04. The number of rotatable bonds is 4. The number of hydrogen-bond acceptors (Lipinski definition) is 4. The van der Waals surface area contributed by atoms with Gasteiger partial charge in [-0.15, -0.1) is 11.3 Å². The Labute approximate surface area is 99.4 Å². The summed E-state index contributed by atoms with van der Waals surface area (Å²) >= 11 is 1.73. The van der Waals surface area contributed by atoms with Crippen molar-refractivity contribution in [1.82, 2.24) is 9.97 Å². The minimum atomic E-state index is 0.159. The highest BCUT2D eigenvalue weighted by atomic mass is 32.1. The fourth-order valence-electron chi connectivity index (χ4n) is 1.52. The molecule has 0 aliphatic rings. The first kappa shape index (κ1) is 11.2. The third-order valence-corrected chi connectivity index (χ3v) is 3.11. The molecule has 0 aliphatic heterocycles. The third-order valence-electron chi connectivity index (χ3n) is 2.23. The zero-order valence-electron chi connectivity index (χ0n) is 9.26. The molecule has 2 N–H and O–H groups in total. The van der Waals surface area contributed by atoms with E-state index in [-0.39, 0.29) is 6.04 Å². The molecule has 4 heteroatoms. The molecule has 16 heavy (non-hydrogen) atoms. The smallest absolute Gasteiger partial charge is 0.133 e. The summed E-state index contributed by atoms with van der Waals surface area (Å²) in [7, 11) is 0. The fraction of sp³-hybridized carbons (Fsp3) is 0.333. The fourth-order valence-corrected chi connectivity index (χ4v) is 2.22. The summed E-state index contributed by atoms with van der Waals surface area (Å²) in [6.07, 6.45) is 5.40. The molecule has 0 radical (unpaired) electrons. The molecular weight excluding hydrogens is 218 g/mol. The molecule has 1 unspecified atom stereocenters. The van der Waals surface area contributed by atoms with Gasteiger partial charge in [-0.25, -0.2) is 9.97 Å². The molecule has 0 aromatic carbocycles. The zero-order valence-corrected chi connectivity index (χ0v) is 10.1. The van der Waals surface area contributed by atoms with Crippen molar-refractivity contribution in [2.45, 2.75) is 25.8 Å². The first-order chi connectivity index (χ1) is 7.74. The molecule has 0 saturated carbocycles. The molecule has 2 aromatic heterocycles. The zero-order chi connectivity index (χ0) is 11.4. The summed E-state index contributed by atoms with van der Waals surface area (Å²) < 4.78 is 0. The quantitative estimate of drug-likeness (QED) is 0.879. The van der Waals surface area contributed by atoms with E-state index in [1.54, 1.807) is 11.3 Å². The van der Waals surface area contributed by atoms with Crippen LogP contribution in [0, 0.1) is 0 Å². The van der Waals surface area contributed by atoms with Gasteiger partial charge in [-0.2, -0.15) is 0 Å². The summed E-state index contributed by atoms with van der Waals surface area (Å²) in [4.78, 5) is 9.98. The Morgan fingerprint density at radius 3 is 2.69 bits per heavy atom. The van der Waals surface area contributed by atoms with Gasteiger partial charge in [-0.3, -0.25) is 0 Å². The second-order valence-electron chi connectivity index (χ2n) is 3.95. The molecule has 2 rings (SSSR count). The molecule has 0 spiro atoms. The number of nitrogens with zero attached hydrogens (tertiary/aromatic N) is 2. The number of nitrogens with two attached hydrogens (primary N) is 1. The molecule has 0 bridgehead atoms. The van der Waals surface area contributed by atoms with Crippen molar-refractivity contribution >= 4 is 11.3 Å². The third kappa shape index (κ3) is 3.12. The Morgan fingerprint density at radius 2 is 2.12 bits per heavy atom. The van der Waals surface area contributed by atoms with Crippen molar-refractivity contribution < 1.29 is 0 Å². The number of aromatic nitrogens is 2. The van der Waals surface area contributed by atoms with E-state index in [4.69, 9.17) is 5.73 Å². The molecule has 2 heterocycles. The predicted octanol–water partition coefficient (Wildman–Crippen LogP) is 2.02. The maximum Gasteiger partial charge on any atom is 0.133 e. The van der Waals surface area contributed by atoms with Crippen molar-refractivity contribution in [1.29, 1.82) is 0 Å². The van der Waals surface area contributed by atoms with Crippen LogP contribution < -0.4 is 5.73 Å². The van der Waals surface area contributed by atoms with E-state index < -0.39 is 0 Å². The van der Waals surface area contributed by atoms with Crippen LogP contribution >= 0.6 is 11.3 Å². The van der Waals surface area contributed by atoms with Crippen LogP contribution in [0.25, 0.3) is 0 Å². The van der Waals surface area contributed by atoms with E-state index in [0.717, 1.165) is 24.2 Å². The number of hydrogen-bond donors (Lipinski definition) is 1. The summed E-state index contributed by atoms with van der Waals surface area (Å²) in [6, 6.07) is 4.31. The Kier molecular flexibility index (Phi) is 3.64. The molecule has 0 amide bonds. The summed E-state index contributed by atoms with van der Waals surface area (Å²) in [5, 5.41) is 2.07. The van der Waals surface area contributed by atoms with E-state index in [1.807, 2.05) is 25.4 Å². The van der Waals surface area contributed by atoms with Crippen LogP contribution in [0.4, 0.5) is 0 Å². The summed E-state index contributed by atoms with van der Waals surface area (Å²) in [6.45, 7) is 1.99. The van der Waals surface area contributed by atoms with Gasteiger partial charge in [-0.05, 0) is 30.4 Å². The lowest BCUT2D eigenvalue weighted by atomic mass is 10.1. The Bertz CT molecular complexity index is 420. The molecule has 3 nitrogen and oxygen atoms in total. The maximum absolute atomic E-state index is 5.72. The topological polar surface area (TPSA) is 51.8 Å².